The Bertz CT molecular complexity index is 987. The number of hydrogen-bond donors (Lipinski definition) is 3. The van der Waals surface area contributed by atoms with Crippen LogP contribution in [0.5, 0.6) is 0 Å². The molecule has 3 aromatic rings. The lowest BCUT2D eigenvalue weighted by molar-refractivity contribution is 0.0519. The van der Waals surface area contributed by atoms with Crippen LogP contribution in [0.25, 0.3) is 10.9 Å². The van der Waals surface area contributed by atoms with Gasteiger partial charge in [0.2, 0.25) is 0 Å². The number of aromatic amines is 1. The van der Waals surface area contributed by atoms with Crippen molar-refractivity contribution in [2.75, 3.05) is 11.9 Å². The van der Waals surface area contributed by atoms with Crippen LogP contribution in [0.15, 0.2) is 42.5 Å². The van der Waals surface area contributed by atoms with Crippen LogP contribution >= 0.6 is 23.2 Å². The van der Waals surface area contributed by atoms with Gasteiger partial charge in [0.15, 0.2) is 0 Å². The van der Waals surface area contributed by atoms with Crippen molar-refractivity contribution < 1.29 is 14.3 Å². The molecule has 0 saturated carbocycles. The summed E-state index contributed by atoms with van der Waals surface area (Å²) in [5, 5.41) is 6.88. The molecule has 3 rings (SSSR count). The molecule has 0 aliphatic heterocycles. The molecular formula is C19H17Cl2N3O3. The normalized spacial score (nSPS) is 10.6. The zero-order chi connectivity index (χ0) is 19.4. The average molecular weight is 406 g/mol. The van der Waals surface area contributed by atoms with E-state index in [9.17, 15) is 9.59 Å². The molecule has 0 aliphatic carbocycles. The molecule has 2 aromatic carbocycles. The third-order valence-electron chi connectivity index (χ3n) is 3.86. The first kappa shape index (κ1) is 19.1. The Morgan fingerprint density at radius 1 is 1.15 bits per heavy atom. The van der Waals surface area contributed by atoms with Gasteiger partial charge in [0.25, 0.3) is 0 Å². The molecule has 8 heteroatoms. The van der Waals surface area contributed by atoms with E-state index in [4.69, 9.17) is 27.9 Å². The smallest absolute Gasteiger partial charge is 0.355 e. The quantitative estimate of drug-likeness (QED) is 0.523. The van der Waals surface area contributed by atoms with Crippen molar-refractivity contribution in [1.29, 1.82) is 0 Å². The molecule has 0 spiro atoms. The molecule has 27 heavy (non-hydrogen) atoms. The van der Waals surface area contributed by atoms with Gasteiger partial charge in [-0.1, -0.05) is 41.4 Å². The van der Waals surface area contributed by atoms with Crippen LogP contribution < -0.4 is 10.6 Å². The van der Waals surface area contributed by atoms with Crippen LogP contribution in [0.4, 0.5) is 10.5 Å². The summed E-state index contributed by atoms with van der Waals surface area (Å²) in [5.74, 6) is -0.527. The number of anilines is 1. The maximum atomic E-state index is 12.3. The number of carbonyl (C=O) groups is 2. The number of para-hydroxylation sites is 1. The molecule has 140 valence electrons. The summed E-state index contributed by atoms with van der Waals surface area (Å²) < 4.78 is 5.10. The molecule has 6 nitrogen and oxygen atoms in total. The molecule has 0 unspecified atom stereocenters. The van der Waals surface area contributed by atoms with Gasteiger partial charge >= 0.3 is 12.0 Å². The van der Waals surface area contributed by atoms with Gasteiger partial charge < -0.3 is 20.4 Å². The second-order valence-electron chi connectivity index (χ2n) is 5.68. The fourth-order valence-corrected chi connectivity index (χ4v) is 3.34. The highest BCUT2D eigenvalue weighted by atomic mass is 35.5. The zero-order valence-electron chi connectivity index (χ0n) is 14.4. The van der Waals surface area contributed by atoms with Gasteiger partial charge in [0.1, 0.15) is 5.69 Å². The number of nitrogens with one attached hydrogen (secondary N) is 3. The van der Waals surface area contributed by atoms with E-state index in [0.29, 0.717) is 32.2 Å². The lowest BCUT2D eigenvalue weighted by Gasteiger charge is -2.09. The predicted molar refractivity (Wildman–Crippen MR) is 107 cm³/mol. The van der Waals surface area contributed by atoms with Crippen molar-refractivity contribution in [3.05, 3.63) is 63.8 Å². The van der Waals surface area contributed by atoms with E-state index in [2.05, 4.69) is 15.6 Å². The van der Waals surface area contributed by atoms with E-state index >= 15 is 0 Å². The van der Waals surface area contributed by atoms with Crippen molar-refractivity contribution in [3.63, 3.8) is 0 Å². The SMILES string of the molecule is CCOC(=O)c1[nH]c2cc(Cl)cc(Cl)c2c1CNC(=O)Nc1ccccc1. The molecule has 0 fully saturated rings. The number of fused-ring (bicyclic) bond motifs is 1. The summed E-state index contributed by atoms with van der Waals surface area (Å²) >= 11 is 12.4. The van der Waals surface area contributed by atoms with Gasteiger partial charge in [0.05, 0.1) is 11.6 Å². The highest BCUT2D eigenvalue weighted by Crippen LogP contribution is 2.32. The van der Waals surface area contributed by atoms with Crippen LogP contribution in [0.2, 0.25) is 10.0 Å². The van der Waals surface area contributed by atoms with Gasteiger partial charge in [-0.2, -0.15) is 0 Å². The van der Waals surface area contributed by atoms with Crippen molar-refractivity contribution in [2.24, 2.45) is 0 Å². The van der Waals surface area contributed by atoms with Gasteiger partial charge in [-0.25, -0.2) is 9.59 Å². The molecule has 0 atom stereocenters. The number of H-pyrrole nitrogens is 1. The van der Waals surface area contributed by atoms with Gasteiger partial charge in [-0.3, -0.25) is 0 Å². The van der Waals surface area contributed by atoms with Gasteiger partial charge in [-0.15, -0.1) is 0 Å². The Kier molecular flexibility index (Phi) is 5.88. The Morgan fingerprint density at radius 3 is 2.59 bits per heavy atom. The Labute approximate surface area is 165 Å². The van der Waals surface area contributed by atoms with E-state index in [0.717, 1.165) is 0 Å². The number of halogens is 2. The number of aromatic nitrogens is 1. The molecule has 0 bridgehead atoms. The minimum Gasteiger partial charge on any atom is -0.461 e. The third-order valence-corrected chi connectivity index (χ3v) is 4.37. The molecule has 2 amide bonds. The highest BCUT2D eigenvalue weighted by molar-refractivity contribution is 6.39. The van der Waals surface area contributed by atoms with E-state index in [-0.39, 0.29) is 18.8 Å². The van der Waals surface area contributed by atoms with Gasteiger partial charge in [-0.05, 0) is 31.2 Å². The summed E-state index contributed by atoms with van der Waals surface area (Å²) in [6.45, 7) is 2.02. The number of benzene rings is 2. The molecule has 0 radical (unpaired) electrons. The standard InChI is InChI=1S/C19H17Cl2N3O3/c1-2-27-18(25)17-13(16-14(21)8-11(20)9-15(16)24-17)10-22-19(26)23-12-6-4-3-5-7-12/h3-9,24H,2,10H2,1H3,(H2,22,23,26). The van der Waals surface area contributed by atoms with Crippen molar-refractivity contribution >= 4 is 51.8 Å². The fraction of sp³-hybridized carbons (Fsp3) is 0.158. The number of rotatable bonds is 5. The lowest BCUT2D eigenvalue weighted by Crippen LogP contribution is -2.28. The summed E-state index contributed by atoms with van der Waals surface area (Å²) in [4.78, 5) is 27.5. The van der Waals surface area contributed by atoms with Crippen LogP contribution in [0.3, 0.4) is 0 Å². The number of esters is 1. The van der Waals surface area contributed by atoms with Crippen molar-refractivity contribution in [2.45, 2.75) is 13.5 Å². The first-order chi connectivity index (χ1) is 13.0. The van der Waals surface area contributed by atoms with Crippen molar-refractivity contribution in [1.82, 2.24) is 10.3 Å². The zero-order valence-corrected chi connectivity index (χ0v) is 15.9. The largest absolute Gasteiger partial charge is 0.461 e. The van der Waals surface area contributed by atoms with Crippen LogP contribution in [0.1, 0.15) is 23.0 Å². The number of carbonyl (C=O) groups excluding carboxylic acids is 2. The minimum absolute atomic E-state index is 0.0775. The monoisotopic (exact) mass is 405 g/mol. The van der Waals surface area contributed by atoms with Crippen LogP contribution in [-0.4, -0.2) is 23.6 Å². The Balaban J connectivity index is 1.88. The number of ether oxygens (including phenoxy) is 1. The Morgan fingerprint density at radius 2 is 1.89 bits per heavy atom. The summed E-state index contributed by atoms with van der Waals surface area (Å²) in [6.07, 6.45) is 0. The maximum Gasteiger partial charge on any atom is 0.355 e. The summed E-state index contributed by atoms with van der Waals surface area (Å²) in [7, 11) is 0. The van der Waals surface area contributed by atoms with Gasteiger partial charge in [0, 0.05) is 33.7 Å². The molecule has 1 heterocycles. The third kappa shape index (κ3) is 4.35. The summed E-state index contributed by atoms with van der Waals surface area (Å²) in [5.41, 5.74) is 2.02. The lowest BCUT2D eigenvalue weighted by atomic mass is 10.1. The van der Waals surface area contributed by atoms with Crippen LogP contribution in [0, 0.1) is 0 Å². The summed E-state index contributed by atoms with van der Waals surface area (Å²) in [6, 6.07) is 11.9. The van der Waals surface area contributed by atoms with Crippen molar-refractivity contribution in [3.8, 4) is 0 Å². The second-order valence-corrected chi connectivity index (χ2v) is 6.53. The molecule has 3 N–H and O–H groups in total. The van der Waals surface area contributed by atoms with E-state index in [1.54, 1.807) is 31.2 Å². The fourth-order valence-electron chi connectivity index (χ4n) is 2.73. The first-order valence-corrected chi connectivity index (χ1v) is 9.01. The molecule has 0 saturated heterocycles. The highest BCUT2D eigenvalue weighted by Gasteiger charge is 2.21. The van der Waals surface area contributed by atoms with E-state index < -0.39 is 12.0 Å². The first-order valence-electron chi connectivity index (χ1n) is 8.26. The second kappa shape index (κ2) is 8.33. The van der Waals surface area contributed by atoms with E-state index in [1.165, 1.54) is 0 Å². The minimum atomic E-state index is -0.527. The number of urea groups is 1. The molecular weight excluding hydrogens is 389 g/mol. The molecule has 1 aromatic heterocycles. The predicted octanol–water partition coefficient (Wildman–Crippen LogP) is 4.97. The Hall–Kier alpha value is -2.70. The van der Waals surface area contributed by atoms with E-state index in [1.807, 2.05) is 18.2 Å². The number of amides is 2. The van der Waals surface area contributed by atoms with Crippen LogP contribution in [-0.2, 0) is 11.3 Å². The maximum absolute atomic E-state index is 12.3. The topological polar surface area (TPSA) is 83.2 Å². The average Bonchev–Trinajstić information content (AvgIpc) is 3.00. The number of hydrogen-bond acceptors (Lipinski definition) is 3. The molecule has 0 aliphatic rings.